The van der Waals surface area contributed by atoms with E-state index in [2.05, 4.69) is 60.8 Å². The Hall–Kier alpha value is -1.74. The molecule has 0 heterocycles. The summed E-state index contributed by atoms with van der Waals surface area (Å²) >= 11 is 1.61. The van der Waals surface area contributed by atoms with Crippen molar-refractivity contribution in [2.45, 2.75) is 62.0 Å². The van der Waals surface area contributed by atoms with Gasteiger partial charge in [-0.15, -0.1) is 11.8 Å². The summed E-state index contributed by atoms with van der Waals surface area (Å²) in [6.45, 7) is 4.06. The van der Waals surface area contributed by atoms with Gasteiger partial charge in [0.25, 0.3) is 0 Å². The fraction of sp³-hybridized carbons (Fsp3) is 0.500. The third kappa shape index (κ3) is 3.99. The molecule has 0 unspecified atom stereocenters. The van der Waals surface area contributed by atoms with Gasteiger partial charge >= 0.3 is 0 Å². The minimum absolute atomic E-state index is 0.0675. The molecule has 152 valence electrons. The van der Waals surface area contributed by atoms with Crippen LogP contribution in [0.2, 0.25) is 0 Å². The van der Waals surface area contributed by atoms with Crippen molar-refractivity contribution in [1.29, 1.82) is 0 Å². The molecule has 1 atom stereocenters. The highest BCUT2D eigenvalue weighted by molar-refractivity contribution is 8.00. The predicted molar refractivity (Wildman–Crippen MR) is 121 cm³/mol. The largest absolute Gasteiger partial charge is 0.325 e. The number of thioether (sulfide) groups is 1. The summed E-state index contributed by atoms with van der Waals surface area (Å²) in [5, 5.41) is 2.98. The minimum Gasteiger partial charge on any atom is -0.325 e. The molecule has 0 aliphatic heterocycles. The van der Waals surface area contributed by atoms with E-state index in [4.69, 9.17) is 0 Å². The Bertz CT molecular complexity index is 845. The Kier molecular flexibility index (Phi) is 5.19. The van der Waals surface area contributed by atoms with Crippen molar-refractivity contribution in [3.8, 4) is 0 Å². The quantitative estimate of drug-likeness (QED) is 0.564. The van der Waals surface area contributed by atoms with Gasteiger partial charge in [-0.2, -0.15) is 0 Å². The van der Waals surface area contributed by atoms with Crippen LogP contribution in [-0.2, 0) is 4.79 Å². The molecule has 4 fully saturated rings. The highest BCUT2D eigenvalue weighted by atomic mass is 32.2. The van der Waals surface area contributed by atoms with E-state index in [1.165, 1.54) is 43.2 Å². The van der Waals surface area contributed by atoms with Gasteiger partial charge in [0, 0.05) is 10.6 Å². The third-order valence-electron chi connectivity index (χ3n) is 7.49. The van der Waals surface area contributed by atoms with Crippen LogP contribution in [0.15, 0.2) is 53.4 Å². The summed E-state index contributed by atoms with van der Waals surface area (Å²) in [6.07, 6.45) is 7.30. The molecular weight excluding hydrogens is 374 g/mol. The number of aryl methyl sites for hydroxylation is 1. The second-order valence-corrected chi connectivity index (χ2v) is 11.1. The zero-order valence-electron chi connectivity index (χ0n) is 17.4. The van der Waals surface area contributed by atoms with Crippen LogP contribution in [0.25, 0.3) is 0 Å². The standard InChI is InChI=1S/C26H31NOS/c1-16-3-9-24(10-4-16)29-17(2)26(28)27-23-7-5-20(6-8-23)25-21-12-18-11-19(14-21)15-22(25)13-18/h3-10,17-19,21-22,25H,11-15H2,1-2H3,(H,27,28)/t17-,18?,19?,21?,22?,25?/m0/s1. The molecular formula is C26H31NOS. The maximum Gasteiger partial charge on any atom is 0.237 e. The van der Waals surface area contributed by atoms with Crippen LogP contribution >= 0.6 is 11.8 Å². The molecule has 2 aromatic rings. The number of hydrogen-bond donors (Lipinski definition) is 1. The predicted octanol–water partition coefficient (Wildman–Crippen LogP) is 6.65. The number of nitrogens with one attached hydrogen (secondary N) is 1. The molecule has 0 spiro atoms. The van der Waals surface area contributed by atoms with Crippen LogP contribution in [0.5, 0.6) is 0 Å². The second kappa shape index (κ2) is 7.83. The van der Waals surface area contributed by atoms with Gasteiger partial charge in [-0.05, 0) is 105 Å². The normalized spacial score (nSPS) is 30.9. The van der Waals surface area contributed by atoms with E-state index in [0.717, 1.165) is 40.2 Å². The molecule has 3 heteroatoms. The lowest BCUT2D eigenvalue weighted by molar-refractivity contribution is -0.115. The molecule has 6 rings (SSSR count). The van der Waals surface area contributed by atoms with Crippen molar-refractivity contribution < 1.29 is 4.79 Å². The highest BCUT2D eigenvalue weighted by Gasteiger charge is 2.48. The number of carbonyl (C=O) groups excluding carboxylic acids is 1. The van der Waals surface area contributed by atoms with Crippen molar-refractivity contribution in [1.82, 2.24) is 0 Å². The summed E-state index contributed by atoms with van der Waals surface area (Å²) < 4.78 is 0. The van der Waals surface area contributed by atoms with Gasteiger partial charge in [0.2, 0.25) is 5.91 Å². The van der Waals surface area contributed by atoms with Crippen molar-refractivity contribution in [3.63, 3.8) is 0 Å². The maximum atomic E-state index is 12.6. The van der Waals surface area contributed by atoms with Gasteiger partial charge in [0.1, 0.15) is 0 Å². The molecule has 2 nitrogen and oxygen atoms in total. The molecule has 2 aromatic carbocycles. The van der Waals surface area contributed by atoms with Gasteiger partial charge < -0.3 is 5.32 Å². The fourth-order valence-corrected chi connectivity index (χ4v) is 7.24. The van der Waals surface area contributed by atoms with E-state index in [1.54, 1.807) is 11.8 Å². The Morgan fingerprint density at radius 1 is 0.897 bits per heavy atom. The van der Waals surface area contributed by atoms with Crippen LogP contribution in [0.1, 0.15) is 56.1 Å². The lowest BCUT2D eigenvalue weighted by Crippen LogP contribution is -2.43. The van der Waals surface area contributed by atoms with Gasteiger partial charge in [0.05, 0.1) is 5.25 Å². The molecule has 4 saturated carbocycles. The Labute approximate surface area is 178 Å². The van der Waals surface area contributed by atoms with Crippen molar-refractivity contribution in [3.05, 3.63) is 59.7 Å². The fourth-order valence-electron chi connectivity index (χ4n) is 6.38. The lowest BCUT2D eigenvalue weighted by atomic mass is 9.51. The topological polar surface area (TPSA) is 29.1 Å². The van der Waals surface area contributed by atoms with Crippen molar-refractivity contribution in [2.24, 2.45) is 23.7 Å². The molecule has 0 saturated heterocycles. The molecule has 4 aliphatic carbocycles. The lowest BCUT2D eigenvalue weighted by Gasteiger charge is -2.54. The van der Waals surface area contributed by atoms with Crippen LogP contribution < -0.4 is 5.32 Å². The number of hydrogen-bond acceptors (Lipinski definition) is 2. The van der Waals surface area contributed by atoms with Gasteiger partial charge in [-0.1, -0.05) is 29.8 Å². The maximum absolute atomic E-state index is 12.6. The van der Waals surface area contributed by atoms with Crippen molar-refractivity contribution in [2.75, 3.05) is 5.32 Å². The first-order valence-corrected chi connectivity index (χ1v) is 12.1. The molecule has 4 bridgehead atoms. The average Bonchev–Trinajstić information content (AvgIpc) is 2.70. The number of carbonyl (C=O) groups is 1. The van der Waals surface area contributed by atoms with Crippen LogP contribution in [0.4, 0.5) is 5.69 Å². The van der Waals surface area contributed by atoms with Crippen molar-refractivity contribution >= 4 is 23.4 Å². The molecule has 4 aliphatic rings. The first-order valence-electron chi connectivity index (χ1n) is 11.2. The van der Waals surface area contributed by atoms with Crippen LogP contribution in [0.3, 0.4) is 0 Å². The zero-order valence-corrected chi connectivity index (χ0v) is 18.3. The molecule has 0 radical (unpaired) electrons. The van der Waals surface area contributed by atoms with Crippen LogP contribution in [-0.4, -0.2) is 11.2 Å². The van der Waals surface area contributed by atoms with E-state index < -0.39 is 0 Å². The highest BCUT2D eigenvalue weighted by Crippen LogP contribution is 2.59. The minimum atomic E-state index is -0.123. The molecule has 0 aromatic heterocycles. The Morgan fingerprint density at radius 2 is 1.48 bits per heavy atom. The molecule has 29 heavy (non-hydrogen) atoms. The number of anilines is 1. The Morgan fingerprint density at radius 3 is 2.07 bits per heavy atom. The van der Waals surface area contributed by atoms with Gasteiger partial charge in [-0.25, -0.2) is 0 Å². The SMILES string of the molecule is Cc1ccc(S[C@@H](C)C(=O)Nc2ccc(C3C4CC5CC(C4)CC3C5)cc2)cc1. The van der Waals surface area contributed by atoms with E-state index >= 15 is 0 Å². The summed E-state index contributed by atoms with van der Waals surface area (Å²) in [5.74, 6) is 4.65. The molecule has 1 N–H and O–H groups in total. The first kappa shape index (κ1) is 19.2. The number of amides is 1. The smallest absolute Gasteiger partial charge is 0.237 e. The monoisotopic (exact) mass is 405 g/mol. The van der Waals surface area contributed by atoms with E-state index in [-0.39, 0.29) is 11.2 Å². The second-order valence-electron chi connectivity index (χ2n) is 9.64. The zero-order chi connectivity index (χ0) is 20.0. The van der Waals surface area contributed by atoms with Gasteiger partial charge in [0.15, 0.2) is 0 Å². The summed E-state index contributed by atoms with van der Waals surface area (Å²) in [6, 6.07) is 17.1. The average molecular weight is 406 g/mol. The van der Waals surface area contributed by atoms with E-state index in [1.807, 2.05) is 6.92 Å². The first-order chi connectivity index (χ1) is 14.0. The van der Waals surface area contributed by atoms with E-state index in [0.29, 0.717) is 0 Å². The summed E-state index contributed by atoms with van der Waals surface area (Å²) in [5.41, 5.74) is 3.66. The Balaban J connectivity index is 1.21. The number of rotatable bonds is 5. The summed E-state index contributed by atoms with van der Waals surface area (Å²) in [7, 11) is 0. The number of benzene rings is 2. The molecule has 1 amide bonds. The van der Waals surface area contributed by atoms with Gasteiger partial charge in [-0.3, -0.25) is 4.79 Å². The van der Waals surface area contributed by atoms with Crippen LogP contribution in [0, 0.1) is 30.6 Å². The van der Waals surface area contributed by atoms with E-state index in [9.17, 15) is 4.79 Å². The third-order valence-corrected chi connectivity index (χ3v) is 8.60. The summed E-state index contributed by atoms with van der Waals surface area (Å²) in [4.78, 5) is 13.8.